The first-order valence-electron chi connectivity index (χ1n) is 23.8. The molecule has 0 aliphatic rings. The van der Waals surface area contributed by atoms with E-state index in [2.05, 4.69) is 258 Å². The SMILES string of the molecule is c1ccc(-c2cccc3c2oc2ccc(-c4ccc(N(c5ccc(-c6cccc(-n7c8ccccc8c8ccccc87)c6)cc5)c5ccc(-c6ccc7c(c6)sc6ccccc67)cc5)cc4)cc23)cc1. The van der Waals surface area contributed by atoms with Crippen molar-refractivity contribution in [3.05, 3.63) is 255 Å². The van der Waals surface area contributed by atoms with Crippen molar-refractivity contribution in [3.8, 4) is 50.2 Å². The summed E-state index contributed by atoms with van der Waals surface area (Å²) < 4.78 is 11.5. The summed E-state index contributed by atoms with van der Waals surface area (Å²) in [6, 6.07) is 92.3. The van der Waals surface area contributed by atoms with Gasteiger partial charge < -0.3 is 13.9 Å². The zero-order valence-corrected chi connectivity index (χ0v) is 38.8. The quantitative estimate of drug-likeness (QED) is 0.151. The van der Waals surface area contributed by atoms with Crippen LogP contribution in [-0.2, 0) is 0 Å². The number of fused-ring (bicyclic) bond motifs is 9. The molecule has 11 aromatic carbocycles. The first-order valence-corrected chi connectivity index (χ1v) is 24.6. The molecular weight excluding hydrogens is 869 g/mol. The van der Waals surface area contributed by atoms with E-state index in [1.807, 2.05) is 17.4 Å². The summed E-state index contributed by atoms with van der Waals surface area (Å²) in [5.74, 6) is 0. The Morgan fingerprint density at radius 2 is 0.814 bits per heavy atom. The molecule has 3 aromatic heterocycles. The number of hydrogen-bond donors (Lipinski definition) is 0. The lowest BCUT2D eigenvalue weighted by atomic mass is 10.00. The summed E-state index contributed by atoms with van der Waals surface area (Å²) in [5.41, 5.74) is 17.9. The van der Waals surface area contributed by atoms with Crippen LogP contribution in [0.1, 0.15) is 0 Å². The summed E-state index contributed by atoms with van der Waals surface area (Å²) in [6.45, 7) is 0. The molecule has 0 aliphatic heterocycles. The van der Waals surface area contributed by atoms with E-state index in [1.165, 1.54) is 58.7 Å². The van der Waals surface area contributed by atoms with Crippen molar-refractivity contribution in [1.29, 1.82) is 0 Å². The van der Waals surface area contributed by atoms with Gasteiger partial charge >= 0.3 is 0 Å². The van der Waals surface area contributed by atoms with E-state index < -0.39 is 0 Å². The van der Waals surface area contributed by atoms with Crippen LogP contribution in [0.15, 0.2) is 259 Å². The maximum absolute atomic E-state index is 6.53. The Morgan fingerprint density at radius 3 is 1.49 bits per heavy atom. The zero-order valence-electron chi connectivity index (χ0n) is 38.0. The lowest BCUT2D eigenvalue weighted by Crippen LogP contribution is -2.09. The summed E-state index contributed by atoms with van der Waals surface area (Å²) in [4.78, 5) is 2.36. The van der Waals surface area contributed by atoms with Gasteiger partial charge in [0.15, 0.2) is 0 Å². The van der Waals surface area contributed by atoms with Gasteiger partial charge in [-0.05, 0) is 124 Å². The summed E-state index contributed by atoms with van der Waals surface area (Å²) in [5, 5.41) is 7.39. The predicted octanol–water partition coefficient (Wildman–Crippen LogP) is 19.2. The summed E-state index contributed by atoms with van der Waals surface area (Å²) in [6.07, 6.45) is 0. The molecule has 0 saturated carbocycles. The molecule has 0 fully saturated rings. The molecule has 0 N–H and O–H groups in total. The van der Waals surface area contributed by atoms with E-state index in [4.69, 9.17) is 4.42 Å². The molecule has 0 atom stereocenters. The van der Waals surface area contributed by atoms with Crippen molar-refractivity contribution in [1.82, 2.24) is 4.57 Å². The fourth-order valence-corrected chi connectivity index (χ4v) is 11.8. The highest BCUT2D eigenvalue weighted by molar-refractivity contribution is 7.25. The molecule has 0 spiro atoms. The number of hydrogen-bond acceptors (Lipinski definition) is 3. The number of para-hydroxylation sites is 3. The Kier molecular flexibility index (Phi) is 9.39. The molecule has 0 aliphatic carbocycles. The van der Waals surface area contributed by atoms with Gasteiger partial charge in [-0.1, -0.05) is 170 Å². The lowest BCUT2D eigenvalue weighted by Gasteiger charge is -2.26. The van der Waals surface area contributed by atoms with Crippen LogP contribution < -0.4 is 4.90 Å². The van der Waals surface area contributed by atoms with Crippen molar-refractivity contribution >= 4 is 92.3 Å². The predicted molar refractivity (Wildman–Crippen MR) is 297 cm³/mol. The zero-order chi connectivity index (χ0) is 46.1. The lowest BCUT2D eigenvalue weighted by molar-refractivity contribution is 0.670. The van der Waals surface area contributed by atoms with Crippen molar-refractivity contribution in [2.75, 3.05) is 4.90 Å². The van der Waals surface area contributed by atoms with Crippen LogP contribution >= 0.6 is 11.3 Å². The average molecular weight is 911 g/mol. The van der Waals surface area contributed by atoms with Crippen LogP contribution in [0.25, 0.3) is 114 Å². The number of aromatic nitrogens is 1. The number of anilines is 3. The molecule has 328 valence electrons. The first kappa shape index (κ1) is 40.1. The van der Waals surface area contributed by atoms with Gasteiger partial charge in [0.05, 0.1) is 11.0 Å². The largest absolute Gasteiger partial charge is 0.455 e. The van der Waals surface area contributed by atoms with Gasteiger partial charge in [-0.2, -0.15) is 0 Å². The number of furan rings is 1. The molecule has 14 rings (SSSR count). The number of nitrogens with zero attached hydrogens (tertiary/aromatic N) is 2. The topological polar surface area (TPSA) is 21.3 Å². The van der Waals surface area contributed by atoms with E-state index in [0.29, 0.717) is 0 Å². The Balaban J connectivity index is 0.828. The Bertz CT molecular complexity index is 4220. The number of thiophene rings is 1. The number of benzene rings is 11. The minimum Gasteiger partial charge on any atom is -0.455 e. The monoisotopic (exact) mass is 910 g/mol. The Hall–Kier alpha value is -8.96. The normalized spacial score (nSPS) is 11.7. The van der Waals surface area contributed by atoms with Crippen LogP contribution in [0.5, 0.6) is 0 Å². The van der Waals surface area contributed by atoms with E-state index in [1.54, 1.807) is 0 Å². The van der Waals surface area contributed by atoms with E-state index in [9.17, 15) is 0 Å². The molecule has 3 heterocycles. The summed E-state index contributed by atoms with van der Waals surface area (Å²) >= 11 is 1.86. The third-order valence-corrected chi connectivity index (χ3v) is 15.2. The molecular formula is C66H42N2OS. The maximum Gasteiger partial charge on any atom is 0.143 e. The third-order valence-electron chi connectivity index (χ3n) is 14.0. The first-order chi connectivity index (χ1) is 34.7. The second-order valence-electron chi connectivity index (χ2n) is 18.1. The molecule has 4 heteroatoms. The molecule has 0 saturated heterocycles. The molecule has 0 radical (unpaired) electrons. The minimum absolute atomic E-state index is 0.888. The van der Waals surface area contributed by atoms with Gasteiger partial charge in [0.2, 0.25) is 0 Å². The van der Waals surface area contributed by atoms with Crippen molar-refractivity contribution < 1.29 is 4.42 Å². The van der Waals surface area contributed by atoms with Gasteiger partial charge in [-0.3, -0.25) is 0 Å². The highest BCUT2D eigenvalue weighted by atomic mass is 32.1. The summed E-state index contributed by atoms with van der Waals surface area (Å²) in [7, 11) is 0. The molecule has 0 bridgehead atoms. The fourth-order valence-electron chi connectivity index (χ4n) is 10.6. The smallest absolute Gasteiger partial charge is 0.143 e. The van der Waals surface area contributed by atoms with Crippen LogP contribution in [0.2, 0.25) is 0 Å². The van der Waals surface area contributed by atoms with E-state index in [-0.39, 0.29) is 0 Å². The molecule has 14 aromatic rings. The van der Waals surface area contributed by atoms with Crippen LogP contribution in [0.3, 0.4) is 0 Å². The van der Waals surface area contributed by atoms with Gasteiger partial charge in [-0.25, -0.2) is 0 Å². The van der Waals surface area contributed by atoms with Crippen LogP contribution in [-0.4, -0.2) is 4.57 Å². The molecule has 3 nitrogen and oxygen atoms in total. The van der Waals surface area contributed by atoms with E-state index in [0.717, 1.165) is 72.5 Å². The minimum atomic E-state index is 0.888. The van der Waals surface area contributed by atoms with Crippen molar-refractivity contribution in [2.24, 2.45) is 0 Å². The van der Waals surface area contributed by atoms with Crippen LogP contribution in [0.4, 0.5) is 17.1 Å². The highest BCUT2D eigenvalue weighted by Gasteiger charge is 2.18. The Morgan fingerprint density at radius 1 is 0.314 bits per heavy atom. The second-order valence-corrected chi connectivity index (χ2v) is 19.2. The molecule has 0 amide bonds. The second kappa shape index (κ2) is 16.4. The molecule has 0 unspecified atom stereocenters. The van der Waals surface area contributed by atoms with E-state index >= 15 is 0 Å². The Labute approximate surface area is 409 Å². The van der Waals surface area contributed by atoms with Gasteiger partial charge in [0, 0.05) is 70.0 Å². The fraction of sp³-hybridized carbons (Fsp3) is 0. The highest BCUT2D eigenvalue weighted by Crippen LogP contribution is 2.42. The van der Waals surface area contributed by atoms with Crippen molar-refractivity contribution in [3.63, 3.8) is 0 Å². The van der Waals surface area contributed by atoms with Gasteiger partial charge in [-0.15, -0.1) is 11.3 Å². The average Bonchev–Trinajstić information content (AvgIpc) is 4.11. The van der Waals surface area contributed by atoms with Gasteiger partial charge in [0.25, 0.3) is 0 Å². The standard InChI is InChI=1S/C66H42N2OS/c1-2-12-46(13-3-1)54-19-11-20-59-60-41-48(31-39-63(60)69-66(54)59)44-26-34-51(35-27-44)67(52-36-28-45(29-37-52)49-30-38-58-57-18-6-9-23-64(57)70-65(58)42-49)50-32-24-43(25-33-50)47-14-10-15-53(40-47)68-61-21-7-4-16-55(61)56-17-5-8-22-62(56)68/h1-42H. The third kappa shape index (κ3) is 6.72. The van der Waals surface area contributed by atoms with Crippen molar-refractivity contribution in [2.45, 2.75) is 0 Å². The number of rotatable bonds is 8. The maximum atomic E-state index is 6.53. The molecule has 70 heavy (non-hydrogen) atoms. The van der Waals surface area contributed by atoms with Crippen LogP contribution in [0, 0.1) is 0 Å². The van der Waals surface area contributed by atoms with Gasteiger partial charge in [0.1, 0.15) is 11.2 Å².